The molecule has 0 bridgehead atoms. The van der Waals surface area contributed by atoms with E-state index in [4.69, 9.17) is 10.8 Å². The number of hydrogen-bond acceptors (Lipinski definition) is 9. The van der Waals surface area contributed by atoms with Crippen molar-refractivity contribution >= 4 is 41.4 Å². The zero-order valence-corrected chi connectivity index (χ0v) is 21.4. The Morgan fingerprint density at radius 3 is 2.03 bits per heavy atom. The predicted molar refractivity (Wildman–Crippen MR) is 135 cm³/mol. The second-order valence-electron chi connectivity index (χ2n) is 8.38. The van der Waals surface area contributed by atoms with Gasteiger partial charge in [0, 0.05) is 12.8 Å². The summed E-state index contributed by atoms with van der Waals surface area (Å²) in [6, 6.07) is 0.317. The Bertz CT molecular complexity index is 943. The first-order chi connectivity index (χ1) is 17.3. The van der Waals surface area contributed by atoms with Crippen LogP contribution in [0.4, 0.5) is 0 Å². The third kappa shape index (κ3) is 11.5. The van der Waals surface area contributed by atoms with Crippen LogP contribution in [0.3, 0.4) is 0 Å². The predicted octanol–water partition coefficient (Wildman–Crippen LogP) is -1.20. The highest BCUT2D eigenvalue weighted by Crippen LogP contribution is 2.12. The van der Waals surface area contributed by atoms with Crippen LogP contribution in [0.15, 0.2) is 24.3 Å². The van der Waals surface area contributed by atoms with Gasteiger partial charge in [0.15, 0.2) is 0 Å². The quantitative estimate of drug-likeness (QED) is 0.124. The molecular weight excluding hydrogens is 508 g/mol. The number of aromatic hydroxyl groups is 1. The number of amides is 3. The number of carbonyl (C=O) groups excluding carboxylic acids is 3. The summed E-state index contributed by atoms with van der Waals surface area (Å²) in [5.41, 5.74) is 6.31. The number of carbonyl (C=O) groups is 5. The fourth-order valence-electron chi connectivity index (χ4n) is 3.18. The van der Waals surface area contributed by atoms with E-state index in [2.05, 4.69) is 16.0 Å². The Morgan fingerprint density at radius 1 is 0.919 bits per heavy atom. The van der Waals surface area contributed by atoms with Gasteiger partial charge in [0.1, 0.15) is 23.9 Å². The van der Waals surface area contributed by atoms with Gasteiger partial charge in [-0.3, -0.25) is 19.2 Å². The normalized spacial score (nSPS) is 14.9. The van der Waals surface area contributed by atoms with Crippen LogP contribution < -0.4 is 21.7 Å². The zero-order chi connectivity index (χ0) is 28.1. The second-order valence-corrected chi connectivity index (χ2v) is 9.36. The van der Waals surface area contributed by atoms with Crippen LogP contribution in [0.2, 0.25) is 0 Å². The van der Waals surface area contributed by atoms with Gasteiger partial charge >= 0.3 is 11.9 Å². The van der Waals surface area contributed by atoms with Gasteiger partial charge in [0.25, 0.3) is 0 Å². The molecule has 1 aromatic carbocycles. The standard InChI is InChI=1S/C23H34N4O9S/c1-12(28)19(22(34)26-17(23(35)36)11-13-3-5-14(29)6-4-13)27-21(33)16(7-8-18(30)31)25-20(32)15(24)9-10-37-2/h3-6,12,15-17,19,28-29H,7-11,24H2,1-2H3,(H,25,32)(H,26,34)(H,27,33)(H,30,31)(H,35,36). The van der Waals surface area contributed by atoms with Crippen molar-refractivity contribution in [2.45, 2.75) is 62.9 Å². The Labute approximate surface area is 218 Å². The van der Waals surface area contributed by atoms with Gasteiger partial charge in [-0.25, -0.2) is 4.79 Å². The Kier molecular flexibility index (Phi) is 13.4. The van der Waals surface area contributed by atoms with Gasteiger partial charge in [0.05, 0.1) is 12.1 Å². The number of carboxylic acids is 2. The lowest BCUT2D eigenvalue weighted by Gasteiger charge is -2.26. The molecule has 0 aromatic heterocycles. The number of phenolic OH excluding ortho intramolecular Hbond substituents is 1. The van der Waals surface area contributed by atoms with Gasteiger partial charge in [-0.15, -0.1) is 0 Å². The maximum atomic E-state index is 12.9. The number of benzene rings is 1. The number of hydrogen-bond donors (Lipinski definition) is 8. The molecule has 0 radical (unpaired) electrons. The van der Waals surface area contributed by atoms with Crippen molar-refractivity contribution in [3.05, 3.63) is 29.8 Å². The highest BCUT2D eigenvalue weighted by molar-refractivity contribution is 7.98. The summed E-state index contributed by atoms with van der Waals surface area (Å²) >= 11 is 1.47. The van der Waals surface area contributed by atoms with E-state index in [1.165, 1.54) is 43.0 Å². The molecule has 37 heavy (non-hydrogen) atoms. The third-order valence-corrected chi connectivity index (χ3v) is 5.95. The fraction of sp³-hybridized carbons (Fsp3) is 0.522. The van der Waals surface area contributed by atoms with Crippen LogP contribution in [-0.4, -0.2) is 92.4 Å². The molecule has 0 aliphatic carbocycles. The summed E-state index contributed by atoms with van der Waals surface area (Å²) < 4.78 is 0. The van der Waals surface area contributed by atoms with Crippen molar-refractivity contribution < 1.29 is 44.4 Å². The van der Waals surface area contributed by atoms with Gasteiger partial charge < -0.3 is 42.1 Å². The molecular formula is C23H34N4O9S. The van der Waals surface area contributed by atoms with Crippen molar-refractivity contribution in [3.63, 3.8) is 0 Å². The van der Waals surface area contributed by atoms with Gasteiger partial charge in [-0.2, -0.15) is 11.8 Å². The van der Waals surface area contributed by atoms with Crippen LogP contribution in [0, 0.1) is 0 Å². The highest BCUT2D eigenvalue weighted by atomic mass is 32.2. The lowest BCUT2D eigenvalue weighted by Crippen LogP contribution is -2.60. The minimum Gasteiger partial charge on any atom is -0.508 e. The number of nitrogens with two attached hydrogens (primary N) is 1. The number of thioether (sulfide) groups is 1. The number of aliphatic hydroxyl groups is 1. The summed E-state index contributed by atoms with van der Waals surface area (Å²) in [6.07, 6.45) is -0.253. The Balaban J connectivity index is 2.97. The summed E-state index contributed by atoms with van der Waals surface area (Å²) in [5.74, 6) is -4.67. The molecule has 206 valence electrons. The molecule has 0 aliphatic heterocycles. The van der Waals surface area contributed by atoms with Gasteiger partial charge in [-0.1, -0.05) is 12.1 Å². The van der Waals surface area contributed by atoms with E-state index in [9.17, 15) is 39.3 Å². The Hall–Kier alpha value is -3.36. The summed E-state index contributed by atoms with van der Waals surface area (Å²) in [4.78, 5) is 60.9. The van der Waals surface area contributed by atoms with E-state index in [1.54, 1.807) is 0 Å². The lowest BCUT2D eigenvalue weighted by atomic mass is 10.0. The topological polar surface area (TPSA) is 228 Å². The largest absolute Gasteiger partial charge is 0.508 e. The SMILES string of the molecule is CSCCC(N)C(=O)NC(CCC(=O)O)C(=O)NC(C(=O)NC(Cc1ccc(O)cc1)C(=O)O)C(C)O. The molecule has 14 heteroatoms. The monoisotopic (exact) mass is 542 g/mol. The van der Waals surface area contributed by atoms with E-state index in [0.29, 0.717) is 17.7 Å². The number of nitrogens with one attached hydrogen (secondary N) is 3. The van der Waals surface area contributed by atoms with Crippen LogP contribution >= 0.6 is 11.8 Å². The molecule has 0 spiro atoms. The fourth-order valence-corrected chi connectivity index (χ4v) is 3.67. The van der Waals surface area contributed by atoms with E-state index in [-0.39, 0.29) is 18.6 Å². The van der Waals surface area contributed by atoms with E-state index in [1.807, 2.05) is 6.26 Å². The molecule has 5 atom stereocenters. The molecule has 3 amide bonds. The third-order valence-electron chi connectivity index (χ3n) is 5.30. The second kappa shape index (κ2) is 15.7. The minimum absolute atomic E-state index is 0.0219. The molecule has 0 heterocycles. The van der Waals surface area contributed by atoms with E-state index >= 15 is 0 Å². The van der Waals surface area contributed by atoms with Gasteiger partial charge in [0.2, 0.25) is 17.7 Å². The summed E-state index contributed by atoms with van der Waals surface area (Å²) in [7, 11) is 0. The van der Waals surface area contributed by atoms with Crippen LogP contribution in [0.1, 0.15) is 31.7 Å². The maximum absolute atomic E-state index is 12.9. The molecule has 9 N–H and O–H groups in total. The van der Waals surface area contributed by atoms with Crippen molar-refractivity contribution in [1.82, 2.24) is 16.0 Å². The van der Waals surface area contributed by atoms with E-state index < -0.39 is 66.4 Å². The molecule has 13 nitrogen and oxygen atoms in total. The lowest BCUT2D eigenvalue weighted by molar-refractivity contribution is -0.143. The first kappa shape index (κ1) is 31.7. The smallest absolute Gasteiger partial charge is 0.326 e. The molecule has 0 saturated heterocycles. The summed E-state index contributed by atoms with van der Waals surface area (Å²) in [5, 5.41) is 44.9. The number of carboxylic acid groups (broad SMARTS) is 2. The van der Waals surface area contributed by atoms with Crippen LogP contribution in [0.5, 0.6) is 5.75 Å². The number of phenols is 1. The molecule has 1 aromatic rings. The van der Waals surface area contributed by atoms with Gasteiger partial charge in [-0.05, 0) is 49.5 Å². The maximum Gasteiger partial charge on any atom is 0.326 e. The van der Waals surface area contributed by atoms with Crippen LogP contribution in [0.25, 0.3) is 0 Å². The van der Waals surface area contributed by atoms with E-state index in [0.717, 1.165) is 0 Å². The first-order valence-electron chi connectivity index (χ1n) is 11.4. The van der Waals surface area contributed by atoms with Crippen molar-refractivity contribution in [2.75, 3.05) is 12.0 Å². The average molecular weight is 543 g/mol. The van der Waals surface area contributed by atoms with Crippen molar-refractivity contribution in [1.29, 1.82) is 0 Å². The number of aliphatic hydroxyl groups excluding tert-OH is 1. The number of rotatable bonds is 16. The Morgan fingerprint density at radius 2 is 1.51 bits per heavy atom. The first-order valence-corrected chi connectivity index (χ1v) is 12.8. The molecule has 5 unspecified atom stereocenters. The minimum atomic E-state index is -1.61. The molecule has 0 aliphatic rings. The molecule has 0 saturated carbocycles. The zero-order valence-electron chi connectivity index (χ0n) is 20.5. The highest BCUT2D eigenvalue weighted by Gasteiger charge is 2.33. The number of aliphatic carboxylic acids is 2. The molecule has 0 fully saturated rings. The van der Waals surface area contributed by atoms with Crippen molar-refractivity contribution in [2.24, 2.45) is 5.73 Å². The molecule has 1 rings (SSSR count). The van der Waals surface area contributed by atoms with Crippen LogP contribution in [-0.2, 0) is 30.4 Å². The van der Waals surface area contributed by atoms with Crippen molar-refractivity contribution in [3.8, 4) is 5.75 Å². The summed E-state index contributed by atoms with van der Waals surface area (Å²) in [6.45, 7) is 1.20. The average Bonchev–Trinajstić information content (AvgIpc) is 2.83.